The zero-order valence-electron chi connectivity index (χ0n) is 13.2. The molecule has 0 heterocycles. The predicted octanol–water partition coefficient (Wildman–Crippen LogP) is 4.13. The predicted molar refractivity (Wildman–Crippen MR) is 80.2 cm³/mol. The van der Waals surface area contributed by atoms with E-state index in [0.717, 1.165) is 44.8 Å². The lowest BCUT2D eigenvalue weighted by Gasteiger charge is -2.15. The molecule has 19 heavy (non-hydrogen) atoms. The molecule has 0 aromatic carbocycles. The Bertz CT molecular complexity index is 173. The molecule has 0 rings (SSSR count). The van der Waals surface area contributed by atoms with Crippen molar-refractivity contribution < 1.29 is 14.6 Å². The second-order valence-corrected chi connectivity index (χ2v) is 5.31. The van der Waals surface area contributed by atoms with Gasteiger partial charge in [0.2, 0.25) is 0 Å². The minimum absolute atomic E-state index is 0.579. The molecule has 0 saturated heterocycles. The number of aliphatic hydroxyl groups is 1. The number of aliphatic hydroxyl groups excluding tert-OH is 1. The lowest BCUT2D eigenvalue weighted by atomic mass is 10.0. The van der Waals surface area contributed by atoms with Crippen molar-refractivity contribution in [2.24, 2.45) is 5.92 Å². The average molecular weight is 274 g/mol. The molecular weight excluding hydrogens is 240 g/mol. The Morgan fingerprint density at radius 1 is 0.895 bits per heavy atom. The number of unbranched alkanes of at least 4 members (excludes halogenated alkanes) is 2. The molecule has 0 fully saturated rings. The third-order valence-electron chi connectivity index (χ3n) is 3.43. The maximum atomic E-state index is 9.39. The molecule has 0 aromatic rings. The normalized spacial score (nSPS) is 14.5. The van der Waals surface area contributed by atoms with Gasteiger partial charge in [0.1, 0.15) is 0 Å². The van der Waals surface area contributed by atoms with Gasteiger partial charge in [0.15, 0.2) is 6.29 Å². The summed E-state index contributed by atoms with van der Waals surface area (Å²) in [4.78, 5) is 0. The van der Waals surface area contributed by atoms with Gasteiger partial charge in [0, 0.05) is 19.8 Å². The molecule has 3 nitrogen and oxygen atoms in total. The maximum absolute atomic E-state index is 9.39. The molecule has 2 atom stereocenters. The van der Waals surface area contributed by atoms with E-state index >= 15 is 0 Å². The van der Waals surface area contributed by atoms with Gasteiger partial charge in [-0.2, -0.15) is 0 Å². The van der Waals surface area contributed by atoms with Crippen LogP contribution in [0.1, 0.15) is 72.1 Å². The fourth-order valence-corrected chi connectivity index (χ4v) is 2.00. The standard InChI is InChI=1S/C16H34O3/c1-4-7-11-15(6-3)14-18-12-8-9-13-19-16(17)10-5-2/h15-17H,4-14H2,1-3H3. The van der Waals surface area contributed by atoms with Crippen molar-refractivity contribution in [2.45, 2.75) is 78.4 Å². The minimum atomic E-state index is -0.579. The molecule has 0 aliphatic carbocycles. The highest BCUT2D eigenvalue weighted by molar-refractivity contribution is 4.55. The van der Waals surface area contributed by atoms with Gasteiger partial charge in [0.25, 0.3) is 0 Å². The van der Waals surface area contributed by atoms with Gasteiger partial charge in [-0.3, -0.25) is 0 Å². The molecule has 0 aliphatic heterocycles. The van der Waals surface area contributed by atoms with Crippen LogP contribution in [-0.2, 0) is 9.47 Å². The SMILES string of the molecule is CCCCC(CC)COCCCCOC(O)CCC. The Hall–Kier alpha value is -0.120. The summed E-state index contributed by atoms with van der Waals surface area (Å²) in [6.45, 7) is 8.87. The number of ether oxygens (including phenoxy) is 2. The van der Waals surface area contributed by atoms with E-state index in [9.17, 15) is 5.11 Å². The van der Waals surface area contributed by atoms with Gasteiger partial charge in [-0.1, -0.05) is 46.5 Å². The fraction of sp³-hybridized carbons (Fsp3) is 1.00. The third kappa shape index (κ3) is 12.6. The second kappa shape index (κ2) is 14.3. The van der Waals surface area contributed by atoms with E-state index in [-0.39, 0.29) is 0 Å². The maximum Gasteiger partial charge on any atom is 0.154 e. The zero-order chi connectivity index (χ0) is 14.3. The van der Waals surface area contributed by atoms with Gasteiger partial charge in [-0.25, -0.2) is 0 Å². The quantitative estimate of drug-likeness (QED) is 0.382. The first-order chi connectivity index (χ1) is 9.24. The summed E-state index contributed by atoms with van der Waals surface area (Å²) in [6.07, 6.45) is 8.18. The Balaban J connectivity index is 3.29. The Labute approximate surface area is 119 Å². The molecule has 0 radical (unpaired) electrons. The van der Waals surface area contributed by atoms with Crippen molar-refractivity contribution in [1.29, 1.82) is 0 Å². The topological polar surface area (TPSA) is 38.7 Å². The first-order valence-corrected chi connectivity index (χ1v) is 8.11. The molecule has 1 N–H and O–H groups in total. The molecule has 0 aromatic heterocycles. The Morgan fingerprint density at radius 3 is 2.26 bits per heavy atom. The van der Waals surface area contributed by atoms with Crippen LogP contribution >= 0.6 is 0 Å². The third-order valence-corrected chi connectivity index (χ3v) is 3.43. The molecule has 0 aliphatic rings. The smallest absolute Gasteiger partial charge is 0.154 e. The van der Waals surface area contributed by atoms with Crippen molar-refractivity contribution in [1.82, 2.24) is 0 Å². The van der Waals surface area contributed by atoms with Crippen molar-refractivity contribution in [3.63, 3.8) is 0 Å². The molecular formula is C16H34O3. The van der Waals surface area contributed by atoms with Crippen LogP contribution in [0.2, 0.25) is 0 Å². The van der Waals surface area contributed by atoms with E-state index in [0.29, 0.717) is 6.61 Å². The van der Waals surface area contributed by atoms with Crippen LogP contribution in [0.3, 0.4) is 0 Å². The molecule has 0 bridgehead atoms. The van der Waals surface area contributed by atoms with E-state index in [4.69, 9.17) is 9.47 Å². The van der Waals surface area contributed by atoms with Crippen LogP contribution in [0.15, 0.2) is 0 Å². The van der Waals surface area contributed by atoms with Crippen LogP contribution in [0.25, 0.3) is 0 Å². The molecule has 3 heteroatoms. The van der Waals surface area contributed by atoms with Crippen LogP contribution in [0, 0.1) is 5.92 Å². The van der Waals surface area contributed by atoms with Crippen LogP contribution < -0.4 is 0 Å². The molecule has 0 amide bonds. The Morgan fingerprint density at radius 2 is 1.63 bits per heavy atom. The van der Waals surface area contributed by atoms with Gasteiger partial charge in [-0.05, 0) is 31.6 Å². The summed E-state index contributed by atoms with van der Waals surface area (Å²) < 4.78 is 11.0. The van der Waals surface area contributed by atoms with E-state index < -0.39 is 6.29 Å². The van der Waals surface area contributed by atoms with Crippen LogP contribution in [-0.4, -0.2) is 31.2 Å². The number of rotatable bonds is 14. The van der Waals surface area contributed by atoms with Gasteiger partial charge < -0.3 is 14.6 Å². The van der Waals surface area contributed by atoms with Crippen molar-refractivity contribution >= 4 is 0 Å². The van der Waals surface area contributed by atoms with Crippen LogP contribution in [0.4, 0.5) is 0 Å². The van der Waals surface area contributed by atoms with E-state index in [2.05, 4.69) is 13.8 Å². The average Bonchev–Trinajstić information content (AvgIpc) is 2.41. The lowest BCUT2D eigenvalue weighted by molar-refractivity contribution is -0.105. The van der Waals surface area contributed by atoms with Crippen LogP contribution in [0.5, 0.6) is 0 Å². The number of hydrogen-bond donors (Lipinski definition) is 1. The summed E-state index contributed by atoms with van der Waals surface area (Å²) in [6, 6.07) is 0. The lowest BCUT2D eigenvalue weighted by Crippen LogP contribution is -2.13. The second-order valence-electron chi connectivity index (χ2n) is 5.31. The van der Waals surface area contributed by atoms with Crippen molar-refractivity contribution in [2.75, 3.05) is 19.8 Å². The molecule has 0 saturated carbocycles. The van der Waals surface area contributed by atoms with Crippen molar-refractivity contribution in [3.05, 3.63) is 0 Å². The van der Waals surface area contributed by atoms with Gasteiger partial charge in [-0.15, -0.1) is 0 Å². The Kier molecular flexibility index (Phi) is 14.2. The van der Waals surface area contributed by atoms with Gasteiger partial charge >= 0.3 is 0 Å². The van der Waals surface area contributed by atoms with Crippen molar-refractivity contribution in [3.8, 4) is 0 Å². The largest absolute Gasteiger partial charge is 0.381 e. The fourth-order valence-electron chi connectivity index (χ4n) is 2.00. The molecule has 116 valence electrons. The first-order valence-electron chi connectivity index (χ1n) is 8.11. The number of hydrogen-bond acceptors (Lipinski definition) is 3. The first kappa shape index (κ1) is 18.9. The molecule has 0 spiro atoms. The monoisotopic (exact) mass is 274 g/mol. The summed E-state index contributed by atoms with van der Waals surface area (Å²) in [7, 11) is 0. The minimum Gasteiger partial charge on any atom is -0.381 e. The molecule has 2 unspecified atom stereocenters. The summed E-state index contributed by atoms with van der Waals surface area (Å²) in [5, 5.41) is 9.39. The highest BCUT2D eigenvalue weighted by atomic mass is 16.6. The highest BCUT2D eigenvalue weighted by Crippen LogP contribution is 2.13. The summed E-state index contributed by atoms with van der Waals surface area (Å²) in [5.74, 6) is 0.725. The summed E-state index contributed by atoms with van der Waals surface area (Å²) >= 11 is 0. The van der Waals surface area contributed by atoms with Gasteiger partial charge in [0.05, 0.1) is 0 Å². The van der Waals surface area contributed by atoms with E-state index in [1.54, 1.807) is 0 Å². The van der Waals surface area contributed by atoms with E-state index in [1.807, 2.05) is 6.92 Å². The zero-order valence-corrected chi connectivity index (χ0v) is 13.2. The summed E-state index contributed by atoms with van der Waals surface area (Å²) in [5.41, 5.74) is 0. The highest BCUT2D eigenvalue weighted by Gasteiger charge is 2.05. The van der Waals surface area contributed by atoms with E-state index in [1.165, 1.54) is 25.7 Å².